The van der Waals surface area contributed by atoms with Crippen molar-refractivity contribution in [3.8, 4) is 0 Å². The monoisotopic (exact) mass is 385 g/mol. The second-order valence-corrected chi connectivity index (χ2v) is 7.32. The van der Waals surface area contributed by atoms with Gasteiger partial charge in [-0.05, 0) is 24.3 Å². The minimum Gasteiger partial charge on any atom is -0.203 e. The number of fused-ring (bicyclic) bond motifs is 3. The molecule has 0 bridgehead atoms. The predicted octanol–water partition coefficient (Wildman–Crippen LogP) is 6.83. The van der Waals surface area contributed by atoms with Gasteiger partial charge in [0.2, 0.25) is 0 Å². The molecule has 1 aromatic heterocycles. The lowest BCUT2D eigenvalue weighted by molar-refractivity contribution is -0.328. The summed E-state index contributed by atoms with van der Waals surface area (Å²) in [5, 5.41) is -5.02. The molecule has 0 nitrogen and oxygen atoms in total. The van der Waals surface area contributed by atoms with Crippen LogP contribution < -0.4 is 0 Å². The van der Waals surface area contributed by atoms with Crippen molar-refractivity contribution in [3.63, 3.8) is 0 Å². The van der Waals surface area contributed by atoms with Crippen molar-refractivity contribution in [2.75, 3.05) is 0 Å². The van der Waals surface area contributed by atoms with E-state index in [1.807, 2.05) is 0 Å². The third-order valence-electron chi connectivity index (χ3n) is 3.82. The van der Waals surface area contributed by atoms with Crippen LogP contribution in [0.25, 0.3) is 20.2 Å². The van der Waals surface area contributed by atoms with Crippen LogP contribution in [0.1, 0.15) is 0 Å². The van der Waals surface area contributed by atoms with Crippen LogP contribution in [0.3, 0.4) is 0 Å². The van der Waals surface area contributed by atoms with Crippen LogP contribution in [0.4, 0.5) is 35.1 Å². The molecule has 25 heavy (non-hydrogen) atoms. The number of halogens is 8. The van der Waals surface area contributed by atoms with Gasteiger partial charge in [0.05, 0.1) is 10.5 Å². The molecule has 2 aromatic carbocycles. The van der Waals surface area contributed by atoms with Crippen molar-refractivity contribution in [2.45, 2.75) is 23.5 Å². The summed E-state index contributed by atoms with van der Waals surface area (Å²) >= 11 is 0. The maximum atomic E-state index is 14.6. The molecule has 0 aliphatic rings. The largest absolute Gasteiger partial charge is 0.503 e. The van der Waals surface area contributed by atoms with Crippen LogP contribution in [0.15, 0.2) is 48.5 Å². The molecule has 0 spiro atoms. The molecule has 0 amide bonds. The molecule has 0 saturated heterocycles. The Morgan fingerprint density at radius 3 is 1.48 bits per heavy atom. The Labute approximate surface area is 138 Å². The van der Waals surface area contributed by atoms with Gasteiger partial charge in [-0.1, -0.05) is 24.3 Å². The highest BCUT2D eigenvalue weighted by atomic mass is 32.2. The average molecular weight is 385 g/mol. The Bertz CT molecular complexity index is 875. The fourth-order valence-corrected chi connectivity index (χ4v) is 5.00. The Hall–Kier alpha value is -1.90. The lowest BCUT2D eigenvalue weighted by atomic mass is 10.2. The van der Waals surface area contributed by atoms with Gasteiger partial charge in [-0.2, -0.15) is 17.6 Å². The zero-order valence-corrected chi connectivity index (χ0v) is 12.9. The molecule has 0 radical (unpaired) electrons. The fourth-order valence-electron chi connectivity index (χ4n) is 2.59. The first-order valence-electron chi connectivity index (χ1n) is 6.88. The Morgan fingerprint density at radius 1 is 0.680 bits per heavy atom. The molecular weight excluding hydrogens is 376 g/mol. The van der Waals surface area contributed by atoms with E-state index >= 15 is 0 Å². The van der Waals surface area contributed by atoms with Gasteiger partial charge >= 0.3 is 23.5 Å². The highest BCUT2D eigenvalue weighted by molar-refractivity contribution is 7.44. The van der Waals surface area contributed by atoms with Crippen molar-refractivity contribution in [1.29, 1.82) is 0 Å². The van der Waals surface area contributed by atoms with E-state index in [4.69, 9.17) is 0 Å². The van der Waals surface area contributed by atoms with E-state index in [1.165, 1.54) is 36.4 Å². The van der Waals surface area contributed by atoms with Crippen LogP contribution in [-0.4, -0.2) is 18.3 Å². The van der Waals surface area contributed by atoms with Gasteiger partial charge in [-0.25, -0.2) is 8.78 Å². The minimum atomic E-state index is -6.23. The summed E-state index contributed by atoms with van der Waals surface area (Å²) in [6.45, 7) is 0. The Morgan fingerprint density at radius 2 is 1.08 bits per heavy atom. The predicted molar refractivity (Wildman–Crippen MR) is 80.0 cm³/mol. The van der Waals surface area contributed by atoms with Gasteiger partial charge in [0.25, 0.3) is 0 Å². The third kappa shape index (κ3) is 2.32. The van der Waals surface area contributed by atoms with Gasteiger partial charge in [-0.3, -0.25) is 0 Å². The molecule has 134 valence electrons. The van der Waals surface area contributed by atoms with E-state index in [-0.39, 0.29) is 20.2 Å². The fraction of sp³-hybridized carbons (Fsp3) is 0.250. The molecule has 1 heterocycles. The number of rotatable bonds is 4. The van der Waals surface area contributed by atoms with Gasteiger partial charge in [-0.15, -0.1) is 8.78 Å². The molecule has 0 N–H and O–H groups in total. The first-order valence-corrected chi connectivity index (χ1v) is 8.10. The van der Waals surface area contributed by atoms with Crippen molar-refractivity contribution in [2.24, 2.45) is 0 Å². The van der Waals surface area contributed by atoms with Crippen LogP contribution in [0, 0.1) is 0 Å². The summed E-state index contributed by atoms with van der Waals surface area (Å²) in [5.74, 6) is -12.4. The highest BCUT2D eigenvalue weighted by Gasteiger charge is 2.81. The van der Waals surface area contributed by atoms with Gasteiger partial charge in [0.1, 0.15) is 0 Å². The zero-order valence-electron chi connectivity index (χ0n) is 12.1. The molecule has 0 saturated carbocycles. The summed E-state index contributed by atoms with van der Waals surface area (Å²) in [6.07, 6.45) is -4.93. The molecule has 0 aliphatic carbocycles. The maximum absolute atomic E-state index is 14.6. The summed E-state index contributed by atoms with van der Waals surface area (Å²) in [7, 11) is -2.82. The number of alkyl halides is 8. The maximum Gasteiger partial charge on any atom is 0.503 e. The quantitative estimate of drug-likeness (QED) is 0.341. The first-order chi connectivity index (χ1) is 11.5. The summed E-state index contributed by atoms with van der Waals surface area (Å²) < 4.78 is 108. The number of thiophene rings is 1. The molecule has 0 atom stereocenters. The molecular formula is C16H9F8S+. The first kappa shape index (κ1) is 17.9. The summed E-state index contributed by atoms with van der Waals surface area (Å²) in [5.41, 5.74) is 0. The van der Waals surface area contributed by atoms with E-state index in [1.54, 1.807) is 0 Å². The molecule has 3 aromatic rings. The van der Waals surface area contributed by atoms with Crippen molar-refractivity contribution < 1.29 is 35.1 Å². The van der Waals surface area contributed by atoms with Crippen molar-refractivity contribution in [1.82, 2.24) is 0 Å². The molecule has 0 fully saturated rings. The van der Waals surface area contributed by atoms with Crippen molar-refractivity contribution in [3.05, 3.63) is 48.5 Å². The van der Waals surface area contributed by atoms with Crippen LogP contribution >= 0.6 is 10.5 Å². The van der Waals surface area contributed by atoms with E-state index in [9.17, 15) is 35.1 Å². The van der Waals surface area contributed by atoms with Crippen LogP contribution in [0.2, 0.25) is 0 Å². The van der Waals surface area contributed by atoms with Gasteiger partial charge in [0.15, 0.2) is 9.40 Å². The third-order valence-corrected chi connectivity index (χ3v) is 6.18. The highest BCUT2D eigenvalue weighted by Crippen LogP contribution is 2.63. The van der Waals surface area contributed by atoms with E-state index in [0.717, 1.165) is 12.1 Å². The normalized spacial score (nSPS) is 14.0. The standard InChI is InChI=1S/C16H9F8S/c17-13(18)14(19,20)15(21,22)16(23,24)25-11-7-3-1-5-9(11)10-6-2-4-8-12(10)25/h1-8,13H/q+1. The Balaban J connectivity index is 2.37. The number of benzene rings is 2. The summed E-state index contributed by atoms with van der Waals surface area (Å²) in [4.78, 5) is 0. The van der Waals surface area contributed by atoms with Crippen molar-refractivity contribution >= 4 is 30.6 Å². The van der Waals surface area contributed by atoms with E-state index < -0.39 is 34.0 Å². The second kappa shape index (κ2) is 5.55. The van der Waals surface area contributed by atoms with E-state index in [2.05, 4.69) is 0 Å². The topological polar surface area (TPSA) is 0 Å². The second-order valence-electron chi connectivity index (χ2n) is 5.31. The van der Waals surface area contributed by atoms with E-state index in [0.29, 0.717) is 0 Å². The molecule has 3 rings (SSSR count). The number of hydrogen-bond acceptors (Lipinski definition) is 0. The molecule has 9 heteroatoms. The van der Waals surface area contributed by atoms with Gasteiger partial charge < -0.3 is 0 Å². The molecule has 0 unspecified atom stereocenters. The zero-order chi connectivity index (χ0) is 18.6. The lowest BCUT2D eigenvalue weighted by Crippen LogP contribution is -2.54. The molecule has 0 aliphatic heterocycles. The lowest BCUT2D eigenvalue weighted by Gasteiger charge is -2.27. The smallest absolute Gasteiger partial charge is 0.203 e. The summed E-state index contributed by atoms with van der Waals surface area (Å²) in [6, 6.07) is 10.6. The average Bonchev–Trinajstić information content (AvgIpc) is 2.89. The minimum absolute atomic E-state index is 0.192. The van der Waals surface area contributed by atoms with Crippen LogP contribution in [0.5, 0.6) is 0 Å². The van der Waals surface area contributed by atoms with Gasteiger partial charge in [0, 0.05) is 10.8 Å². The SMILES string of the molecule is FC(F)C(F)(F)C(F)(F)C(F)(F)[s+]1c2ccccc2c2ccccc21. The van der Waals surface area contributed by atoms with Crippen LogP contribution in [-0.2, 0) is 5.25 Å². The Kier molecular flexibility index (Phi) is 3.98. The number of hydrogen-bond donors (Lipinski definition) is 0.